The van der Waals surface area contributed by atoms with Crippen LogP contribution in [0.1, 0.15) is 13.3 Å². The van der Waals surface area contributed by atoms with E-state index < -0.39 is 0 Å². The molecule has 0 aromatic carbocycles. The fourth-order valence-corrected chi connectivity index (χ4v) is 1.90. The molecule has 4 N–H and O–H groups in total. The number of hydrogen-bond donors (Lipinski definition) is 3. The quantitative estimate of drug-likeness (QED) is 0.415. The van der Waals surface area contributed by atoms with E-state index >= 15 is 0 Å². The highest BCUT2D eigenvalue weighted by Crippen LogP contribution is 2.15. The van der Waals surface area contributed by atoms with Crippen molar-refractivity contribution in [2.75, 3.05) is 18.0 Å². The van der Waals surface area contributed by atoms with Crippen LogP contribution in [0, 0.1) is 8.98 Å². The predicted molar refractivity (Wildman–Crippen MR) is 72.0 cm³/mol. The van der Waals surface area contributed by atoms with E-state index in [-0.39, 0.29) is 11.4 Å². The SMILES string of the molecule is CCN(CCC(=N)N)c1nc[nH]c(=O)c1I. The summed E-state index contributed by atoms with van der Waals surface area (Å²) < 4.78 is 0.561. The zero-order chi connectivity index (χ0) is 12.1. The highest BCUT2D eigenvalue weighted by Gasteiger charge is 2.12. The topological polar surface area (TPSA) is 98.9 Å². The Labute approximate surface area is 107 Å². The third kappa shape index (κ3) is 3.19. The van der Waals surface area contributed by atoms with Gasteiger partial charge in [0.05, 0.1) is 12.2 Å². The summed E-state index contributed by atoms with van der Waals surface area (Å²) in [4.78, 5) is 20.0. The molecule has 1 rings (SSSR count). The van der Waals surface area contributed by atoms with Crippen LogP contribution in [0.15, 0.2) is 11.1 Å². The number of aromatic nitrogens is 2. The molecule has 0 aliphatic rings. The molecular weight excluding hydrogens is 321 g/mol. The standard InChI is InChI=1S/C9H14IN5O/c1-2-15(4-3-6(11)12)8-7(10)9(16)14-5-13-8/h5H,2-4H2,1H3,(H3,11,12)(H,13,14,16). The minimum Gasteiger partial charge on any atom is -0.388 e. The Kier molecular flexibility index (Phi) is 4.71. The van der Waals surface area contributed by atoms with Crippen molar-refractivity contribution < 1.29 is 0 Å². The number of rotatable bonds is 5. The number of nitrogens with zero attached hydrogens (tertiary/aromatic N) is 2. The highest BCUT2D eigenvalue weighted by atomic mass is 127. The third-order valence-electron chi connectivity index (χ3n) is 2.11. The molecule has 1 heterocycles. The van der Waals surface area contributed by atoms with Crippen LogP contribution in [0.25, 0.3) is 0 Å². The summed E-state index contributed by atoms with van der Waals surface area (Å²) in [6.45, 7) is 3.29. The zero-order valence-corrected chi connectivity index (χ0v) is 11.1. The van der Waals surface area contributed by atoms with Crippen LogP contribution in [0.5, 0.6) is 0 Å². The number of amidine groups is 1. The number of aromatic amines is 1. The Morgan fingerprint density at radius 1 is 1.75 bits per heavy atom. The Hall–Kier alpha value is -1.12. The molecule has 0 amide bonds. The van der Waals surface area contributed by atoms with Gasteiger partial charge in [-0.2, -0.15) is 0 Å². The van der Waals surface area contributed by atoms with Crippen LogP contribution in [0.3, 0.4) is 0 Å². The second-order valence-corrected chi connectivity index (χ2v) is 4.30. The average molecular weight is 335 g/mol. The second-order valence-electron chi connectivity index (χ2n) is 3.22. The van der Waals surface area contributed by atoms with E-state index in [1.807, 2.05) is 34.4 Å². The molecule has 0 aliphatic heterocycles. The Balaban J connectivity index is 2.90. The number of nitrogens with two attached hydrogens (primary N) is 1. The lowest BCUT2D eigenvalue weighted by Gasteiger charge is -2.22. The Morgan fingerprint density at radius 2 is 2.44 bits per heavy atom. The van der Waals surface area contributed by atoms with Crippen LogP contribution in [-0.4, -0.2) is 28.9 Å². The average Bonchev–Trinajstić information content (AvgIpc) is 2.24. The molecule has 88 valence electrons. The first-order chi connectivity index (χ1) is 7.56. The van der Waals surface area contributed by atoms with Crippen molar-refractivity contribution >= 4 is 34.2 Å². The van der Waals surface area contributed by atoms with Crippen molar-refractivity contribution in [3.05, 3.63) is 20.3 Å². The van der Waals surface area contributed by atoms with Crippen LogP contribution in [-0.2, 0) is 0 Å². The highest BCUT2D eigenvalue weighted by molar-refractivity contribution is 14.1. The van der Waals surface area contributed by atoms with Gasteiger partial charge in [0.1, 0.15) is 9.39 Å². The first-order valence-corrected chi connectivity index (χ1v) is 5.95. The van der Waals surface area contributed by atoms with E-state index in [1.54, 1.807) is 0 Å². The molecule has 0 saturated carbocycles. The van der Waals surface area contributed by atoms with Crippen LogP contribution < -0.4 is 16.2 Å². The van der Waals surface area contributed by atoms with Crippen molar-refractivity contribution in [1.82, 2.24) is 9.97 Å². The summed E-state index contributed by atoms with van der Waals surface area (Å²) in [6, 6.07) is 0. The number of anilines is 1. The second kappa shape index (κ2) is 5.83. The van der Waals surface area contributed by atoms with E-state index in [9.17, 15) is 4.79 Å². The first-order valence-electron chi connectivity index (χ1n) is 4.87. The van der Waals surface area contributed by atoms with Crippen LogP contribution in [0.2, 0.25) is 0 Å². The molecule has 1 aromatic heterocycles. The van der Waals surface area contributed by atoms with Gasteiger partial charge in [-0.1, -0.05) is 0 Å². The van der Waals surface area contributed by atoms with Gasteiger partial charge in [-0.05, 0) is 29.5 Å². The summed E-state index contributed by atoms with van der Waals surface area (Å²) in [5, 5.41) is 7.18. The fourth-order valence-electron chi connectivity index (χ4n) is 1.26. The molecule has 0 spiro atoms. The first kappa shape index (κ1) is 12.9. The largest absolute Gasteiger partial charge is 0.388 e. The van der Waals surface area contributed by atoms with Crippen molar-refractivity contribution in [3.63, 3.8) is 0 Å². The van der Waals surface area contributed by atoms with E-state index in [4.69, 9.17) is 11.1 Å². The van der Waals surface area contributed by atoms with Crippen LogP contribution in [0.4, 0.5) is 5.82 Å². The molecule has 0 bridgehead atoms. The molecule has 0 unspecified atom stereocenters. The monoisotopic (exact) mass is 335 g/mol. The zero-order valence-electron chi connectivity index (χ0n) is 8.96. The number of halogens is 1. The lowest BCUT2D eigenvalue weighted by molar-refractivity contribution is 0.805. The third-order valence-corrected chi connectivity index (χ3v) is 3.08. The van der Waals surface area contributed by atoms with Gasteiger partial charge in [0.15, 0.2) is 0 Å². The van der Waals surface area contributed by atoms with Crippen molar-refractivity contribution in [2.24, 2.45) is 5.73 Å². The smallest absolute Gasteiger partial charge is 0.266 e. The molecule has 0 radical (unpaired) electrons. The van der Waals surface area contributed by atoms with Gasteiger partial charge >= 0.3 is 0 Å². The number of H-pyrrole nitrogens is 1. The van der Waals surface area contributed by atoms with Crippen LogP contribution >= 0.6 is 22.6 Å². The van der Waals surface area contributed by atoms with Gasteiger partial charge in [0.25, 0.3) is 5.56 Å². The summed E-state index contributed by atoms with van der Waals surface area (Å²) in [6.07, 6.45) is 1.86. The Bertz CT molecular complexity index is 430. The van der Waals surface area contributed by atoms with Gasteiger partial charge in [0, 0.05) is 19.5 Å². The molecule has 16 heavy (non-hydrogen) atoms. The van der Waals surface area contributed by atoms with Gasteiger partial charge in [-0.3, -0.25) is 10.2 Å². The number of nitrogens with one attached hydrogen (secondary N) is 2. The lowest BCUT2D eigenvalue weighted by atomic mass is 10.3. The molecule has 0 saturated heterocycles. The number of hydrogen-bond acceptors (Lipinski definition) is 4. The minimum absolute atomic E-state index is 0.137. The summed E-state index contributed by atoms with van der Waals surface area (Å²) in [7, 11) is 0. The van der Waals surface area contributed by atoms with Gasteiger partial charge in [0.2, 0.25) is 0 Å². The maximum absolute atomic E-state index is 11.4. The van der Waals surface area contributed by atoms with Gasteiger partial charge < -0.3 is 15.6 Å². The summed E-state index contributed by atoms with van der Waals surface area (Å²) >= 11 is 1.97. The lowest BCUT2D eigenvalue weighted by Crippen LogP contribution is -2.31. The van der Waals surface area contributed by atoms with Gasteiger partial charge in [-0.25, -0.2) is 4.98 Å². The molecule has 1 aromatic rings. The molecule has 0 aliphatic carbocycles. The maximum Gasteiger partial charge on any atom is 0.266 e. The molecule has 0 atom stereocenters. The van der Waals surface area contributed by atoms with E-state index in [2.05, 4.69) is 9.97 Å². The van der Waals surface area contributed by atoms with Crippen molar-refractivity contribution in [2.45, 2.75) is 13.3 Å². The van der Waals surface area contributed by atoms with Crippen molar-refractivity contribution in [3.8, 4) is 0 Å². The predicted octanol–water partition coefficient (Wildman–Crippen LogP) is 0.527. The van der Waals surface area contributed by atoms with Gasteiger partial charge in [-0.15, -0.1) is 0 Å². The molecule has 7 heteroatoms. The summed E-state index contributed by atoms with van der Waals surface area (Å²) in [5.41, 5.74) is 5.16. The minimum atomic E-state index is -0.146. The Morgan fingerprint density at radius 3 is 3.00 bits per heavy atom. The van der Waals surface area contributed by atoms with Crippen molar-refractivity contribution in [1.29, 1.82) is 5.41 Å². The molecule has 6 nitrogen and oxygen atoms in total. The molecule has 0 fully saturated rings. The molecular formula is C9H14IN5O. The summed E-state index contributed by atoms with van der Waals surface area (Å²) in [5.74, 6) is 0.784. The van der Waals surface area contributed by atoms with E-state index in [1.165, 1.54) is 6.33 Å². The fraction of sp³-hybridized carbons (Fsp3) is 0.444. The normalized spacial score (nSPS) is 10.1. The van der Waals surface area contributed by atoms with E-state index in [0.29, 0.717) is 22.4 Å². The van der Waals surface area contributed by atoms with E-state index in [0.717, 1.165) is 6.54 Å². The maximum atomic E-state index is 11.4.